The third-order valence-corrected chi connectivity index (χ3v) is 4.57. The average molecular weight is 391 g/mol. The first-order valence-corrected chi connectivity index (χ1v) is 10.0. The van der Waals surface area contributed by atoms with Crippen LogP contribution in [0.15, 0.2) is 36.4 Å². The Balaban J connectivity index is 2.62. The number of hydrogen-bond donors (Lipinski definition) is 3. The second-order valence-electron chi connectivity index (χ2n) is 6.94. The van der Waals surface area contributed by atoms with E-state index < -0.39 is 18.3 Å². The van der Waals surface area contributed by atoms with Gasteiger partial charge in [0.2, 0.25) is 0 Å². The maximum Gasteiger partial charge on any atom is 0.305 e. The van der Waals surface area contributed by atoms with Gasteiger partial charge in [0, 0.05) is 6.42 Å². The fourth-order valence-electron chi connectivity index (χ4n) is 2.79. The molecule has 3 N–H and O–H groups in total. The highest BCUT2D eigenvalue weighted by atomic mass is 16.5. The van der Waals surface area contributed by atoms with Gasteiger partial charge in [-0.2, -0.15) is 0 Å². The fourth-order valence-corrected chi connectivity index (χ4v) is 2.79. The first-order valence-electron chi connectivity index (χ1n) is 10.0. The van der Waals surface area contributed by atoms with Crippen LogP contribution in [0.1, 0.15) is 63.0 Å². The lowest BCUT2D eigenvalue weighted by Crippen LogP contribution is -2.23. The van der Waals surface area contributed by atoms with Crippen molar-refractivity contribution in [3.8, 4) is 0 Å². The lowest BCUT2D eigenvalue weighted by Gasteiger charge is -2.14. The summed E-state index contributed by atoms with van der Waals surface area (Å²) in [5.41, 5.74) is 1.82. The number of benzene rings is 1. The van der Waals surface area contributed by atoms with Gasteiger partial charge in [-0.3, -0.25) is 4.79 Å². The number of carbonyl (C=O) groups is 1. The van der Waals surface area contributed by atoms with E-state index in [0.717, 1.165) is 36.8 Å². The number of unbranched alkanes of at least 4 members (excludes halogenated alkanes) is 2. The Labute approximate surface area is 168 Å². The summed E-state index contributed by atoms with van der Waals surface area (Å²) in [6.07, 6.45) is 9.54. The number of hydrogen-bond acceptors (Lipinski definition) is 5. The minimum Gasteiger partial charge on any atom is -0.469 e. The maximum atomic E-state index is 11.1. The predicted octanol–water partition coefficient (Wildman–Crippen LogP) is 3.72. The molecule has 0 saturated carbocycles. The summed E-state index contributed by atoms with van der Waals surface area (Å²) < 4.78 is 4.56. The van der Waals surface area contributed by atoms with Crippen molar-refractivity contribution in [3.63, 3.8) is 0 Å². The highest BCUT2D eigenvalue weighted by Gasteiger charge is 2.14. The van der Waals surface area contributed by atoms with E-state index in [-0.39, 0.29) is 12.4 Å². The zero-order valence-electron chi connectivity index (χ0n) is 17.0. The van der Waals surface area contributed by atoms with Gasteiger partial charge in [-0.05, 0) is 30.4 Å². The average Bonchev–Trinajstić information content (AvgIpc) is 2.70. The molecule has 1 aromatic carbocycles. The Bertz CT molecular complexity index is 623. The van der Waals surface area contributed by atoms with Crippen LogP contribution in [0.2, 0.25) is 0 Å². The number of rotatable bonds is 13. The number of aliphatic hydroxyl groups is 3. The molecule has 3 atom stereocenters. The van der Waals surface area contributed by atoms with E-state index in [0.29, 0.717) is 12.8 Å². The smallest absolute Gasteiger partial charge is 0.305 e. The molecule has 0 radical (unpaired) electrons. The number of ether oxygens (including phenoxy) is 1. The van der Waals surface area contributed by atoms with Gasteiger partial charge in [0.25, 0.3) is 0 Å². The highest BCUT2D eigenvalue weighted by Crippen LogP contribution is 2.16. The fraction of sp³-hybridized carbons (Fsp3) is 0.522. The van der Waals surface area contributed by atoms with Crippen molar-refractivity contribution < 1.29 is 24.9 Å². The van der Waals surface area contributed by atoms with Gasteiger partial charge in [0.1, 0.15) is 0 Å². The van der Waals surface area contributed by atoms with E-state index in [1.807, 2.05) is 30.3 Å². The zero-order chi connectivity index (χ0) is 20.8. The van der Waals surface area contributed by atoms with Crippen molar-refractivity contribution >= 4 is 18.1 Å². The van der Waals surface area contributed by atoms with E-state index in [9.17, 15) is 20.1 Å². The van der Waals surface area contributed by atoms with E-state index >= 15 is 0 Å². The van der Waals surface area contributed by atoms with Crippen LogP contribution in [0.4, 0.5) is 0 Å². The number of esters is 1. The minimum atomic E-state index is -1.02. The van der Waals surface area contributed by atoms with Crippen LogP contribution >= 0.6 is 0 Å². The Kier molecular flexibility index (Phi) is 12.1. The van der Waals surface area contributed by atoms with Gasteiger partial charge in [-0.1, -0.05) is 74.8 Å². The molecule has 0 aliphatic heterocycles. The summed E-state index contributed by atoms with van der Waals surface area (Å²) in [6, 6.07) is 7.66. The topological polar surface area (TPSA) is 87.0 Å². The Morgan fingerprint density at radius 2 is 1.64 bits per heavy atom. The van der Waals surface area contributed by atoms with Crippen LogP contribution in [-0.2, 0) is 9.53 Å². The maximum absolute atomic E-state index is 11.1. The Morgan fingerprint density at radius 3 is 2.25 bits per heavy atom. The standard InChI is InChI=1S/C23H34O5/c1-3-4-5-11-20(24)16-14-18-9-6-7-10-19(18)15-17-22(26)21(25)12-8-13-23(27)28-2/h6-7,9-10,14-17,20-22,24-26H,3-5,8,11-13H2,1-2H3/t20-,21?,22?/m1/s1. The van der Waals surface area contributed by atoms with Gasteiger partial charge in [0.15, 0.2) is 0 Å². The lowest BCUT2D eigenvalue weighted by molar-refractivity contribution is -0.140. The molecule has 5 heteroatoms. The van der Waals surface area contributed by atoms with E-state index in [1.54, 1.807) is 18.2 Å². The zero-order valence-corrected chi connectivity index (χ0v) is 17.0. The first-order chi connectivity index (χ1) is 13.5. The summed E-state index contributed by atoms with van der Waals surface area (Å²) in [5.74, 6) is -0.324. The second-order valence-corrected chi connectivity index (χ2v) is 6.94. The molecule has 0 bridgehead atoms. The SMILES string of the molecule is CCCCC[C@@H](O)C=Cc1ccccc1C=CC(O)C(O)CCCC(=O)OC. The van der Waals surface area contributed by atoms with Crippen molar-refractivity contribution in [1.29, 1.82) is 0 Å². The van der Waals surface area contributed by atoms with Crippen molar-refractivity contribution in [2.75, 3.05) is 7.11 Å². The summed E-state index contributed by atoms with van der Waals surface area (Å²) in [4.78, 5) is 11.1. The molecule has 0 aromatic heterocycles. The molecule has 0 heterocycles. The molecule has 0 aliphatic rings. The Hall–Kier alpha value is -1.95. The third kappa shape index (κ3) is 9.83. The minimum absolute atomic E-state index is 0.220. The van der Waals surface area contributed by atoms with E-state index in [4.69, 9.17) is 0 Å². The molecule has 2 unspecified atom stereocenters. The molecule has 0 amide bonds. The first kappa shape index (κ1) is 24.1. The van der Waals surface area contributed by atoms with Gasteiger partial charge < -0.3 is 20.1 Å². The molecule has 0 fully saturated rings. The van der Waals surface area contributed by atoms with Gasteiger partial charge >= 0.3 is 5.97 Å². The number of aliphatic hydroxyl groups excluding tert-OH is 3. The Morgan fingerprint density at radius 1 is 1.00 bits per heavy atom. The van der Waals surface area contributed by atoms with Crippen LogP contribution in [0.3, 0.4) is 0 Å². The molecule has 5 nitrogen and oxygen atoms in total. The van der Waals surface area contributed by atoms with Crippen LogP contribution in [0.5, 0.6) is 0 Å². The molecule has 0 spiro atoms. The number of methoxy groups -OCH3 is 1. The monoisotopic (exact) mass is 390 g/mol. The van der Waals surface area contributed by atoms with Crippen LogP contribution in [0.25, 0.3) is 12.2 Å². The number of carbonyl (C=O) groups excluding carboxylic acids is 1. The quantitative estimate of drug-likeness (QED) is 0.353. The molecule has 28 heavy (non-hydrogen) atoms. The largest absolute Gasteiger partial charge is 0.469 e. The summed E-state index contributed by atoms with van der Waals surface area (Å²) >= 11 is 0. The molecule has 0 aliphatic carbocycles. The molecule has 1 aromatic rings. The van der Waals surface area contributed by atoms with Crippen molar-refractivity contribution in [2.24, 2.45) is 0 Å². The van der Waals surface area contributed by atoms with Crippen molar-refractivity contribution in [2.45, 2.75) is 70.2 Å². The van der Waals surface area contributed by atoms with E-state index in [2.05, 4.69) is 11.7 Å². The summed E-state index contributed by atoms with van der Waals surface area (Å²) in [7, 11) is 1.33. The van der Waals surface area contributed by atoms with Gasteiger partial charge in [-0.15, -0.1) is 0 Å². The molecule has 1 rings (SSSR count). The summed E-state index contributed by atoms with van der Waals surface area (Å²) in [5, 5.41) is 30.2. The molecule has 0 saturated heterocycles. The normalized spacial score (nSPS) is 15.0. The predicted molar refractivity (Wildman–Crippen MR) is 113 cm³/mol. The lowest BCUT2D eigenvalue weighted by atomic mass is 10.0. The van der Waals surface area contributed by atoms with E-state index in [1.165, 1.54) is 7.11 Å². The highest BCUT2D eigenvalue weighted by molar-refractivity contribution is 5.69. The summed E-state index contributed by atoms with van der Waals surface area (Å²) in [6.45, 7) is 2.13. The van der Waals surface area contributed by atoms with Crippen LogP contribution in [0, 0.1) is 0 Å². The van der Waals surface area contributed by atoms with Gasteiger partial charge in [-0.25, -0.2) is 0 Å². The van der Waals surface area contributed by atoms with Crippen molar-refractivity contribution in [1.82, 2.24) is 0 Å². The molecule has 156 valence electrons. The van der Waals surface area contributed by atoms with Crippen LogP contribution < -0.4 is 0 Å². The van der Waals surface area contributed by atoms with Gasteiger partial charge in [0.05, 0.1) is 25.4 Å². The van der Waals surface area contributed by atoms with Crippen LogP contribution in [-0.4, -0.2) is 46.7 Å². The third-order valence-electron chi connectivity index (χ3n) is 4.57. The second kappa shape index (κ2) is 14.1. The molecular formula is C23H34O5. The molecular weight excluding hydrogens is 356 g/mol. The van der Waals surface area contributed by atoms with Crippen molar-refractivity contribution in [3.05, 3.63) is 47.5 Å².